The number of benzene rings is 1. The minimum Gasteiger partial charge on any atom is -0.494 e. The van der Waals surface area contributed by atoms with Gasteiger partial charge in [-0.2, -0.15) is 13.2 Å². The molecule has 11 heteroatoms. The molecular formula is C22H20F3N3O4S. The van der Waals surface area contributed by atoms with E-state index in [9.17, 15) is 27.9 Å². The molecule has 2 heterocycles. The molecule has 0 bridgehead atoms. The van der Waals surface area contributed by atoms with Crippen molar-refractivity contribution in [3.8, 4) is 5.75 Å². The Kier molecular flexibility index (Phi) is 6.24. The summed E-state index contributed by atoms with van der Waals surface area (Å²) in [5.74, 6) is -1.40. The van der Waals surface area contributed by atoms with E-state index in [2.05, 4.69) is 15.3 Å². The van der Waals surface area contributed by atoms with Gasteiger partial charge >= 0.3 is 12.1 Å². The van der Waals surface area contributed by atoms with Gasteiger partial charge in [-0.25, -0.2) is 9.97 Å². The van der Waals surface area contributed by atoms with E-state index in [1.807, 2.05) is 0 Å². The van der Waals surface area contributed by atoms with Crippen LogP contribution < -0.4 is 10.1 Å². The highest BCUT2D eigenvalue weighted by atomic mass is 32.1. The van der Waals surface area contributed by atoms with Crippen LogP contribution in [0.2, 0.25) is 0 Å². The van der Waals surface area contributed by atoms with Gasteiger partial charge in [0.25, 0.3) is 5.91 Å². The van der Waals surface area contributed by atoms with Crippen molar-refractivity contribution in [1.82, 2.24) is 9.97 Å². The third-order valence-electron chi connectivity index (χ3n) is 5.67. The molecule has 33 heavy (non-hydrogen) atoms. The highest BCUT2D eigenvalue weighted by Gasteiger charge is 2.33. The summed E-state index contributed by atoms with van der Waals surface area (Å²) in [4.78, 5) is 31.8. The number of methoxy groups -OCH3 is 1. The number of thiazole rings is 1. The molecule has 1 aromatic carbocycles. The lowest BCUT2D eigenvalue weighted by molar-refractivity contribution is -0.143. The number of hydrogen-bond acceptors (Lipinski definition) is 6. The molecular weight excluding hydrogens is 459 g/mol. The number of carboxylic acids is 1. The highest BCUT2D eigenvalue weighted by molar-refractivity contribution is 7.18. The fraction of sp³-hybridized carbons (Fsp3) is 0.364. The lowest BCUT2D eigenvalue weighted by Gasteiger charge is -2.24. The van der Waals surface area contributed by atoms with Crippen LogP contribution in [0.25, 0.3) is 10.2 Å². The Bertz CT molecular complexity index is 1200. The maximum absolute atomic E-state index is 12.9. The van der Waals surface area contributed by atoms with E-state index in [0.717, 1.165) is 34.7 Å². The molecule has 0 atom stereocenters. The van der Waals surface area contributed by atoms with Crippen molar-refractivity contribution in [2.45, 2.75) is 37.8 Å². The number of rotatable bonds is 5. The molecule has 7 nitrogen and oxygen atoms in total. The van der Waals surface area contributed by atoms with Crippen molar-refractivity contribution in [2.75, 3.05) is 12.4 Å². The van der Waals surface area contributed by atoms with Crippen molar-refractivity contribution in [3.63, 3.8) is 0 Å². The van der Waals surface area contributed by atoms with Gasteiger partial charge in [0, 0.05) is 12.0 Å². The Morgan fingerprint density at radius 1 is 1.15 bits per heavy atom. The van der Waals surface area contributed by atoms with Crippen LogP contribution in [0.3, 0.4) is 0 Å². The van der Waals surface area contributed by atoms with Crippen molar-refractivity contribution >= 4 is 39.1 Å². The standard InChI is InChI=1S/C22H20F3N3O4S/c1-32-16-9-15-17(33-20(28-15)11-5-7-12(8-6-11)21(30)31)10-14(16)27-19(29)13-3-2-4-18(26-13)22(23,24)25/h2-4,9-12H,5-8H2,1H3,(H,27,29)(H,30,31). The lowest BCUT2D eigenvalue weighted by atomic mass is 9.82. The van der Waals surface area contributed by atoms with E-state index >= 15 is 0 Å². The number of nitrogens with zero attached hydrogens (tertiary/aromatic N) is 2. The molecule has 0 aliphatic heterocycles. The van der Waals surface area contributed by atoms with Gasteiger partial charge in [0.15, 0.2) is 0 Å². The van der Waals surface area contributed by atoms with Gasteiger partial charge in [0.1, 0.15) is 17.1 Å². The molecule has 4 rings (SSSR count). The Hall–Kier alpha value is -3.21. The van der Waals surface area contributed by atoms with E-state index in [4.69, 9.17) is 4.74 Å². The van der Waals surface area contributed by atoms with Gasteiger partial charge in [-0.1, -0.05) is 6.07 Å². The first-order chi connectivity index (χ1) is 15.7. The summed E-state index contributed by atoms with van der Waals surface area (Å²) in [6.07, 6.45) is -1.98. The van der Waals surface area contributed by atoms with Crippen LogP contribution in [0.15, 0.2) is 30.3 Å². The zero-order chi connectivity index (χ0) is 23.8. The number of carbonyl (C=O) groups is 2. The molecule has 0 radical (unpaired) electrons. The molecule has 1 saturated carbocycles. The zero-order valence-corrected chi connectivity index (χ0v) is 18.3. The van der Waals surface area contributed by atoms with Crippen LogP contribution in [0, 0.1) is 5.92 Å². The number of carboxylic acid groups (broad SMARTS) is 1. The summed E-state index contributed by atoms with van der Waals surface area (Å²) < 4.78 is 44.9. The second-order valence-corrected chi connectivity index (χ2v) is 8.88. The number of pyridine rings is 1. The Morgan fingerprint density at radius 3 is 2.52 bits per heavy atom. The number of amides is 1. The summed E-state index contributed by atoms with van der Waals surface area (Å²) in [5, 5.41) is 12.6. The van der Waals surface area contributed by atoms with Crippen LogP contribution in [0.5, 0.6) is 5.75 Å². The number of nitrogens with one attached hydrogen (secondary N) is 1. The molecule has 0 spiro atoms. The number of aliphatic carboxylic acids is 1. The van der Waals surface area contributed by atoms with Crippen LogP contribution in [0.4, 0.5) is 18.9 Å². The van der Waals surface area contributed by atoms with E-state index in [1.165, 1.54) is 24.5 Å². The topological polar surface area (TPSA) is 101 Å². The number of alkyl halides is 3. The van der Waals surface area contributed by atoms with Gasteiger partial charge in [-0.3, -0.25) is 9.59 Å². The largest absolute Gasteiger partial charge is 0.494 e. The van der Waals surface area contributed by atoms with E-state index in [0.29, 0.717) is 29.8 Å². The quantitative estimate of drug-likeness (QED) is 0.513. The first-order valence-electron chi connectivity index (χ1n) is 10.2. The van der Waals surface area contributed by atoms with Crippen LogP contribution in [0.1, 0.15) is 52.8 Å². The molecule has 1 fully saturated rings. The predicted octanol–water partition coefficient (Wildman–Crippen LogP) is 5.33. The highest BCUT2D eigenvalue weighted by Crippen LogP contribution is 2.41. The molecule has 0 unspecified atom stereocenters. The monoisotopic (exact) mass is 479 g/mol. The first-order valence-corrected chi connectivity index (χ1v) is 11.0. The molecule has 1 aliphatic rings. The third kappa shape index (κ3) is 4.92. The van der Waals surface area contributed by atoms with Crippen molar-refractivity contribution < 1.29 is 32.6 Å². The van der Waals surface area contributed by atoms with Crippen LogP contribution in [-0.2, 0) is 11.0 Å². The number of halogens is 3. The van der Waals surface area contributed by atoms with Gasteiger partial charge in [-0.05, 0) is 43.9 Å². The second kappa shape index (κ2) is 8.97. The summed E-state index contributed by atoms with van der Waals surface area (Å²) in [6.45, 7) is 0. The van der Waals surface area contributed by atoms with E-state index < -0.39 is 23.7 Å². The number of aromatic nitrogens is 2. The maximum Gasteiger partial charge on any atom is 0.433 e. The number of anilines is 1. The molecule has 1 amide bonds. The molecule has 0 saturated heterocycles. The van der Waals surface area contributed by atoms with Crippen LogP contribution >= 0.6 is 11.3 Å². The molecule has 174 valence electrons. The van der Waals surface area contributed by atoms with Gasteiger partial charge in [-0.15, -0.1) is 11.3 Å². The number of hydrogen-bond donors (Lipinski definition) is 2. The fourth-order valence-electron chi connectivity index (χ4n) is 3.91. The number of fused-ring (bicyclic) bond motifs is 1. The van der Waals surface area contributed by atoms with Gasteiger partial charge in [0.05, 0.1) is 33.9 Å². The molecule has 3 aromatic rings. The first kappa shape index (κ1) is 23.0. The fourth-order valence-corrected chi connectivity index (χ4v) is 5.06. The third-order valence-corrected chi connectivity index (χ3v) is 6.85. The predicted molar refractivity (Wildman–Crippen MR) is 116 cm³/mol. The van der Waals surface area contributed by atoms with Crippen LogP contribution in [-0.4, -0.2) is 34.1 Å². The van der Waals surface area contributed by atoms with E-state index in [-0.39, 0.29) is 17.5 Å². The Balaban J connectivity index is 1.57. The molecule has 1 aliphatic carbocycles. The minimum atomic E-state index is -4.66. The van der Waals surface area contributed by atoms with Gasteiger partial charge < -0.3 is 15.2 Å². The summed E-state index contributed by atoms with van der Waals surface area (Å²) >= 11 is 1.45. The summed E-state index contributed by atoms with van der Waals surface area (Å²) in [5.41, 5.74) is -0.559. The number of carbonyl (C=O) groups excluding carboxylic acids is 1. The number of ether oxygens (including phenoxy) is 1. The average Bonchev–Trinajstić information content (AvgIpc) is 3.21. The Labute approximate surface area is 190 Å². The normalized spacial score (nSPS) is 18.8. The zero-order valence-electron chi connectivity index (χ0n) is 17.5. The average molecular weight is 479 g/mol. The second-order valence-electron chi connectivity index (χ2n) is 7.82. The van der Waals surface area contributed by atoms with Crippen molar-refractivity contribution in [2.24, 2.45) is 5.92 Å². The maximum atomic E-state index is 12.9. The van der Waals surface area contributed by atoms with Crippen molar-refractivity contribution in [1.29, 1.82) is 0 Å². The molecule has 2 N–H and O–H groups in total. The molecule has 2 aromatic heterocycles. The summed E-state index contributed by atoms with van der Waals surface area (Å²) in [7, 11) is 1.42. The smallest absolute Gasteiger partial charge is 0.433 e. The van der Waals surface area contributed by atoms with E-state index in [1.54, 1.807) is 12.1 Å². The van der Waals surface area contributed by atoms with Gasteiger partial charge in [0.2, 0.25) is 0 Å². The minimum absolute atomic E-state index is 0.163. The lowest BCUT2D eigenvalue weighted by Crippen LogP contribution is -2.20. The Morgan fingerprint density at radius 2 is 1.88 bits per heavy atom. The summed E-state index contributed by atoms with van der Waals surface area (Å²) in [6, 6.07) is 6.46. The SMILES string of the molecule is COc1cc2nc(C3CCC(C(=O)O)CC3)sc2cc1NC(=O)c1cccc(C(F)(F)F)n1. The van der Waals surface area contributed by atoms with Crippen molar-refractivity contribution in [3.05, 3.63) is 46.7 Å².